The number of amides is 1. The highest BCUT2D eigenvalue weighted by molar-refractivity contribution is 7.99. The van der Waals surface area contributed by atoms with Gasteiger partial charge < -0.3 is 14.7 Å². The minimum atomic E-state index is 0.209. The summed E-state index contributed by atoms with van der Waals surface area (Å²) in [5.41, 5.74) is 0. The largest absolute Gasteiger partial charge is 0.507 e. The first-order valence-electron chi connectivity index (χ1n) is 6.53. The van der Waals surface area contributed by atoms with Gasteiger partial charge in [-0.25, -0.2) is 0 Å². The van der Waals surface area contributed by atoms with E-state index in [9.17, 15) is 9.90 Å². The van der Waals surface area contributed by atoms with Crippen molar-refractivity contribution in [1.82, 2.24) is 4.90 Å². The molecule has 19 heavy (non-hydrogen) atoms. The third-order valence-corrected chi connectivity index (χ3v) is 4.17. The second kappa shape index (κ2) is 7.40. The number of para-hydroxylation sites is 1. The number of morpholine rings is 1. The Morgan fingerprint density at radius 2 is 2.05 bits per heavy atom. The van der Waals surface area contributed by atoms with Crippen LogP contribution in [0, 0.1) is 0 Å². The summed E-state index contributed by atoms with van der Waals surface area (Å²) in [4.78, 5) is 14.6. The Hall–Kier alpha value is -1.20. The fourth-order valence-corrected chi connectivity index (χ4v) is 2.85. The zero-order chi connectivity index (χ0) is 13.5. The standard InChI is InChI=1S/C14H19NO3S/c16-12-4-1-2-5-13(12)19-11-3-6-14(17)15-7-9-18-10-8-15/h1-2,4-5,16H,3,6-11H2. The molecule has 0 unspecified atom stereocenters. The van der Waals surface area contributed by atoms with Gasteiger partial charge in [0.05, 0.1) is 13.2 Å². The fraction of sp³-hybridized carbons (Fsp3) is 0.500. The normalized spacial score (nSPS) is 15.5. The molecule has 4 nitrogen and oxygen atoms in total. The molecule has 0 radical (unpaired) electrons. The van der Waals surface area contributed by atoms with Gasteiger partial charge in [-0.1, -0.05) is 12.1 Å². The van der Waals surface area contributed by atoms with Crippen LogP contribution in [-0.4, -0.2) is 48.0 Å². The Morgan fingerprint density at radius 1 is 1.32 bits per heavy atom. The molecule has 2 rings (SSSR count). The zero-order valence-corrected chi connectivity index (χ0v) is 11.7. The summed E-state index contributed by atoms with van der Waals surface area (Å²) in [6.45, 7) is 2.73. The monoisotopic (exact) mass is 281 g/mol. The number of carbonyl (C=O) groups is 1. The van der Waals surface area contributed by atoms with E-state index in [-0.39, 0.29) is 5.91 Å². The number of ether oxygens (including phenoxy) is 1. The fourth-order valence-electron chi connectivity index (χ4n) is 1.96. The highest BCUT2D eigenvalue weighted by Gasteiger charge is 2.15. The van der Waals surface area contributed by atoms with Gasteiger partial charge in [-0.2, -0.15) is 0 Å². The van der Waals surface area contributed by atoms with Crippen LogP contribution in [0.4, 0.5) is 0 Å². The molecule has 1 aliphatic rings. The van der Waals surface area contributed by atoms with Gasteiger partial charge in [0, 0.05) is 24.4 Å². The van der Waals surface area contributed by atoms with Crippen molar-refractivity contribution in [3.63, 3.8) is 0 Å². The maximum atomic E-state index is 11.9. The summed E-state index contributed by atoms with van der Waals surface area (Å²) in [7, 11) is 0. The molecular formula is C14H19NO3S. The topological polar surface area (TPSA) is 49.8 Å². The summed E-state index contributed by atoms with van der Waals surface area (Å²) in [5, 5.41) is 9.61. The SMILES string of the molecule is O=C(CCCSc1ccccc1O)N1CCOCC1. The van der Waals surface area contributed by atoms with Gasteiger partial charge in [0.2, 0.25) is 5.91 Å². The van der Waals surface area contributed by atoms with Crippen molar-refractivity contribution in [3.05, 3.63) is 24.3 Å². The number of carbonyl (C=O) groups excluding carboxylic acids is 1. The summed E-state index contributed by atoms with van der Waals surface area (Å²) >= 11 is 1.59. The second-order valence-corrected chi connectivity index (χ2v) is 5.55. The number of hydrogen-bond donors (Lipinski definition) is 1. The molecule has 0 aromatic heterocycles. The summed E-state index contributed by atoms with van der Waals surface area (Å²) in [6.07, 6.45) is 1.40. The Kier molecular flexibility index (Phi) is 5.54. The lowest BCUT2D eigenvalue weighted by Gasteiger charge is -2.26. The van der Waals surface area contributed by atoms with E-state index in [0.717, 1.165) is 17.1 Å². The lowest BCUT2D eigenvalue weighted by Crippen LogP contribution is -2.40. The molecule has 104 valence electrons. The van der Waals surface area contributed by atoms with Gasteiger partial charge in [-0.3, -0.25) is 4.79 Å². The van der Waals surface area contributed by atoms with Gasteiger partial charge in [-0.15, -0.1) is 11.8 Å². The van der Waals surface area contributed by atoms with Crippen LogP contribution < -0.4 is 0 Å². The van der Waals surface area contributed by atoms with Crippen molar-refractivity contribution in [2.75, 3.05) is 32.1 Å². The maximum absolute atomic E-state index is 11.9. The van der Waals surface area contributed by atoms with Gasteiger partial charge in [0.25, 0.3) is 0 Å². The van der Waals surface area contributed by atoms with Crippen LogP contribution in [-0.2, 0) is 9.53 Å². The predicted molar refractivity (Wildman–Crippen MR) is 75.5 cm³/mol. The molecule has 1 fully saturated rings. The smallest absolute Gasteiger partial charge is 0.222 e. The number of rotatable bonds is 5. The van der Waals surface area contributed by atoms with E-state index in [1.807, 2.05) is 17.0 Å². The van der Waals surface area contributed by atoms with E-state index in [1.54, 1.807) is 23.9 Å². The van der Waals surface area contributed by atoms with Crippen molar-refractivity contribution in [3.8, 4) is 5.75 Å². The van der Waals surface area contributed by atoms with E-state index >= 15 is 0 Å². The molecule has 1 N–H and O–H groups in total. The third kappa shape index (κ3) is 4.44. The molecule has 1 aromatic carbocycles. The number of nitrogens with zero attached hydrogens (tertiary/aromatic N) is 1. The number of phenolic OH excluding ortho intramolecular Hbond substituents is 1. The predicted octanol–water partition coefficient (Wildman–Crippen LogP) is 2.12. The van der Waals surface area contributed by atoms with Crippen molar-refractivity contribution >= 4 is 17.7 Å². The van der Waals surface area contributed by atoms with Crippen LogP contribution in [0.25, 0.3) is 0 Å². The van der Waals surface area contributed by atoms with Crippen LogP contribution in [0.3, 0.4) is 0 Å². The van der Waals surface area contributed by atoms with Crippen LogP contribution in [0.15, 0.2) is 29.2 Å². The Labute approximate surface area is 117 Å². The molecule has 5 heteroatoms. The highest BCUT2D eigenvalue weighted by Crippen LogP contribution is 2.28. The molecule has 1 saturated heterocycles. The molecule has 1 heterocycles. The van der Waals surface area contributed by atoms with E-state index in [4.69, 9.17) is 4.74 Å². The first kappa shape index (κ1) is 14.2. The second-order valence-electron chi connectivity index (χ2n) is 4.41. The highest BCUT2D eigenvalue weighted by atomic mass is 32.2. The lowest BCUT2D eigenvalue weighted by molar-refractivity contribution is -0.135. The number of benzene rings is 1. The molecule has 0 saturated carbocycles. The molecule has 1 aliphatic heterocycles. The first-order valence-corrected chi connectivity index (χ1v) is 7.52. The Morgan fingerprint density at radius 3 is 2.79 bits per heavy atom. The quantitative estimate of drug-likeness (QED) is 0.663. The average molecular weight is 281 g/mol. The van der Waals surface area contributed by atoms with Crippen LogP contribution in [0.2, 0.25) is 0 Å². The summed E-state index contributed by atoms with van der Waals surface area (Å²) < 4.78 is 5.22. The number of hydrogen-bond acceptors (Lipinski definition) is 4. The van der Waals surface area contributed by atoms with Gasteiger partial charge in [0.15, 0.2) is 0 Å². The van der Waals surface area contributed by atoms with Gasteiger partial charge in [-0.05, 0) is 24.3 Å². The van der Waals surface area contributed by atoms with E-state index < -0.39 is 0 Å². The molecule has 0 spiro atoms. The van der Waals surface area contributed by atoms with Crippen molar-refractivity contribution in [1.29, 1.82) is 0 Å². The minimum Gasteiger partial charge on any atom is -0.507 e. The molecule has 0 aliphatic carbocycles. The van der Waals surface area contributed by atoms with E-state index in [1.165, 1.54) is 0 Å². The first-order chi connectivity index (χ1) is 9.27. The van der Waals surface area contributed by atoms with E-state index in [2.05, 4.69) is 0 Å². The molecule has 0 atom stereocenters. The Bertz CT molecular complexity index is 419. The van der Waals surface area contributed by atoms with Crippen molar-refractivity contribution < 1.29 is 14.6 Å². The number of aromatic hydroxyl groups is 1. The van der Waals surface area contributed by atoms with Gasteiger partial charge >= 0.3 is 0 Å². The van der Waals surface area contributed by atoms with Crippen molar-refractivity contribution in [2.45, 2.75) is 17.7 Å². The lowest BCUT2D eigenvalue weighted by atomic mass is 10.3. The van der Waals surface area contributed by atoms with Crippen LogP contribution >= 0.6 is 11.8 Å². The van der Waals surface area contributed by atoms with Crippen LogP contribution in [0.5, 0.6) is 5.75 Å². The van der Waals surface area contributed by atoms with Crippen molar-refractivity contribution in [2.24, 2.45) is 0 Å². The average Bonchev–Trinajstić information content (AvgIpc) is 2.46. The molecule has 1 aromatic rings. The van der Waals surface area contributed by atoms with Crippen LogP contribution in [0.1, 0.15) is 12.8 Å². The Balaban J connectivity index is 1.66. The minimum absolute atomic E-state index is 0.209. The molecule has 0 bridgehead atoms. The molecule has 1 amide bonds. The third-order valence-electron chi connectivity index (χ3n) is 3.02. The van der Waals surface area contributed by atoms with E-state index in [0.29, 0.717) is 38.5 Å². The zero-order valence-electron chi connectivity index (χ0n) is 10.9. The van der Waals surface area contributed by atoms with Gasteiger partial charge in [0.1, 0.15) is 5.75 Å². The number of phenols is 1. The number of thioether (sulfide) groups is 1. The summed E-state index contributed by atoms with van der Waals surface area (Å²) in [5.74, 6) is 1.36. The summed E-state index contributed by atoms with van der Waals surface area (Å²) in [6, 6.07) is 7.29. The maximum Gasteiger partial charge on any atom is 0.222 e. The molecular weight excluding hydrogens is 262 g/mol.